The first-order valence-corrected chi connectivity index (χ1v) is 6.11. The normalized spacial score (nSPS) is 11.1. The van der Waals surface area contributed by atoms with E-state index in [-0.39, 0.29) is 10.9 Å². The fraction of sp³-hybridized carbons (Fsp3) is 0.222. The van der Waals surface area contributed by atoms with Crippen molar-refractivity contribution < 1.29 is 8.42 Å². The first-order valence-electron chi connectivity index (χ1n) is 4.21. The molecule has 0 spiro atoms. The molecule has 1 aromatic rings. The van der Waals surface area contributed by atoms with E-state index < -0.39 is 9.84 Å². The number of guanidine groups is 1. The number of nitrogens with two attached hydrogens (primary N) is 2. The van der Waals surface area contributed by atoms with Crippen LogP contribution in [0.4, 0.5) is 5.69 Å². The Kier molecular flexibility index (Phi) is 2.99. The standard InChI is InChI=1S/C9H13N3O2S/c1-6-4-3-5-7(15(2,13)14)8(6)12-9(10)11/h3-5H,1-2H3,(H4,10,11,12). The van der Waals surface area contributed by atoms with Crippen molar-refractivity contribution in [1.82, 2.24) is 0 Å². The van der Waals surface area contributed by atoms with Crippen LogP contribution in [0.3, 0.4) is 0 Å². The molecule has 0 saturated heterocycles. The lowest BCUT2D eigenvalue weighted by Crippen LogP contribution is -2.22. The largest absolute Gasteiger partial charge is 0.370 e. The molecule has 0 radical (unpaired) electrons. The van der Waals surface area contributed by atoms with Crippen molar-refractivity contribution in [2.45, 2.75) is 11.8 Å². The van der Waals surface area contributed by atoms with Crippen LogP contribution >= 0.6 is 0 Å². The van der Waals surface area contributed by atoms with E-state index in [2.05, 4.69) is 4.99 Å². The van der Waals surface area contributed by atoms with Gasteiger partial charge in [0.25, 0.3) is 0 Å². The zero-order valence-electron chi connectivity index (χ0n) is 8.56. The molecule has 6 heteroatoms. The van der Waals surface area contributed by atoms with Gasteiger partial charge in [0, 0.05) is 6.26 Å². The van der Waals surface area contributed by atoms with Crippen molar-refractivity contribution in [3.8, 4) is 0 Å². The summed E-state index contributed by atoms with van der Waals surface area (Å²) in [5.74, 6) is -0.158. The van der Waals surface area contributed by atoms with Gasteiger partial charge in [-0.25, -0.2) is 13.4 Å². The summed E-state index contributed by atoms with van der Waals surface area (Å²) >= 11 is 0. The van der Waals surface area contributed by atoms with E-state index in [1.807, 2.05) is 0 Å². The quantitative estimate of drug-likeness (QED) is 0.561. The van der Waals surface area contributed by atoms with Crippen molar-refractivity contribution in [3.05, 3.63) is 23.8 Å². The maximum absolute atomic E-state index is 11.4. The molecule has 5 nitrogen and oxygen atoms in total. The van der Waals surface area contributed by atoms with Gasteiger partial charge < -0.3 is 11.5 Å². The zero-order chi connectivity index (χ0) is 11.6. The Morgan fingerprint density at radius 2 is 1.93 bits per heavy atom. The first kappa shape index (κ1) is 11.5. The monoisotopic (exact) mass is 227 g/mol. The highest BCUT2D eigenvalue weighted by Gasteiger charge is 2.14. The predicted octanol–water partition coefficient (Wildman–Crippen LogP) is 0.303. The number of aryl methyl sites for hydroxylation is 1. The molecule has 0 saturated carbocycles. The zero-order valence-corrected chi connectivity index (χ0v) is 9.38. The molecule has 0 bridgehead atoms. The van der Waals surface area contributed by atoms with E-state index in [0.29, 0.717) is 11.3 Å². The molecule has 0 aliphatic rings. The highest BCUT2D eigenvalue weighted by Crippen LogP contribution is 2.27. The van der Waals surface area contributed by atoms with E-state index in [9.17, 15) is 8.42 Å². The molecule has 0 aliphatic heterocycles. The molecule has 0 aromatic heterocycles. The molecule has 15 heavy (non-hydrogen) atoms. The average molecular weight is 227 g/mol. The first-order chi connectivity index (χ1) is 6.82. The lowest BCUT2D eigenvalue weighted by Gasteiger charge is -2.06. The van der Waals surface area contributed by atoms with Crippen LogP contribution in [0.5, 0.6) is 0 Å². The lowest BCUT2D eigenvalue weighted by atomic mass is 10.2. The van der Waals surface area contributed by atoms with Crippen LogP contribution in [0.2, 0.25) is 0 Å². The highest BCUT2D eigenvalue weighted by atomic mass is 32.2. The number of hydrogen-bond donors (Lipinski definition) is 2. The summed E-state index contributed by atoms with van der Waals surface area (Å²) in [6.07, 6.45) is 1.12. The molecule has 1 rings (SSSR count). The fourth-order valence-corrected chi connectivity index (χ4v) is 2.09. The third kappa shape index (κ3) is 2.69. The second-order valence-corrected chi connectivity index (χ2v) is 5.21. The molecule has 1 aromatic carbocycles. The van der Waals surface area contributed by atoms with Gasteiger partial charge in [0.1, 0.15) is 0 Å². The number of nitrogens with zero attached hydrogens (tertiary/aromatic N) is 1. The van der Waals surface area contributed by atoms with Gasteiger partial charge in [0.15, 0.2) is 15.8 Å². The van der Waals surface area contributed by atoms with Crippen molar-refractivity contribution in [2.75, 3.05) is 6.26 Å². The van der Waals surface area contributed by atoms with Crippen LogP contribution in [-0.2, 0) is 9.84 Å². The molecular formula is C9H13N3O2S. The Morgan fingerprint density at radius 3 is 2.40 bits per heavy atom. The fourth-order valence-electron chi connectivity index (χ4n) is 1.20. The summed E-state index contributed by atoms with van der Waals surface area (Å²) in [7, 11) is -3.32. The van der Waals surface area contributed by atoms with Crippen molar-refractivity contribution in [3.63, 3.8) is 0 Å². The van der Waals surface area contributed by atoms with Crippen LogP contribution in [-0.4, -0.2) is 20.6 Å². The minimum atomic E-state index is -3.32. The third-order valence-electron chi connectivity index (χ3n) is 1.84. The molecule has 4 N–H and O–H groups in total. The molecular weight excluding hydrogens is 214 g/mol. The summed E-state index contributed by atoms with van der Waals surface area (Å²) in [6.45, 7) is 1.75. The molecule has 0 atom stereocenters. The Balaban J connectivity index is 3.54. The molecule has 0 heterocycles. The van der Waals surface area contributed by atoms with E-state index in [1.54, 1.807) is 19.1 Å². The molecule has 0 aliphatic carbocycles. The predicted molar refractivity (Wildman–Crippen MR) is 59.8 cm³/mol. The minimum Gasteiger partial charge on any atom is -0.370 e. The number of benzene rings is 1. The number of sulfone groups is 1. The van der Waals surface area contributed by atoms with Crippen LogP contribution in [0.25, 0.3) is 0 Å². The third-order valence-corrected chi connectivity index (χ3v) is 2.97. The average Bonchev–Trinajstić information content (AvgIpc) is 2.05. The Labute approximate surface area is 88.7 Å². The summed E-state index contributed by atoms with van der Waals surface area (Å²) in [5.41, 5.74) is 11.5. The SMILES string of the molecule is Cc1cccc(S(C)(=O)=O)c1N=C(N)N. The Hall–Kier alpha value is -1.56. The lowest BCUT2D eigenvalue weighted by molar-refractivity contribution is 0.602. The van der Waals surface area contributed by atoms with Crippen molar-refractivity contribution in [1.29, 1.82) is 0 Å². The summed E-state index contributed by atoms with van der Waals surface area (Å²) in [5, 5.41) is 0. The van der Waals surface area contributed by atoms with Crippen LogP contribution in [0.1, 0.15) is 5.56 Å². The highest BCUT2D eigenvalue weighted by molar-refractivity contribution is 7.90. The Bertz CT molecular complexity index is 502. The van der Waals surface area contributed by atoms with E-state index in [4.69, 9.17) is 11.5 Å². The van der Waals surface area contributed by atoms with E-state index in [0.717, 1.165) is 6.26 Å². The molecule has 0 amide bonds. The van der Waals surface area contributed by atoms with Gasteiger partial charge in [-0.3, -0.25) is 0 Å². The summed E-state index contributed by atoms with van der Waals surface area (Å²) < 4.78 is 22.9. The van der Waals surface area contributed by atoms with E-state index in [1.165, 1.54) is 6.07 Å². The second kappa shape index (κ2) is 3.90. The number of hydrogen-bond acceptors (Lipinski definition) is 3. The molecule has 0 unspecified atom stereocenters. The van der Waals surface area contributed by atoms with Crippen LogP contribution in [0.15, 0.2) is 28.1 Å². The molecule has 82 valence electrons. The summed E-state index contributed by atoms with van der Waals surface area (Å²) in [6, 6.07) is 4.87. The van der Waals surface area contributed by atoms with Gasteiger partial charge in [0.2, 0.25) is 0 Å². The van der Waals surface area contributed by atoms with Crippen LogP contribution in [0, 0.1) is 6.92 Å². The van der Waals surface area contributed by atoms with Gasteiger partial charge in [-0.05, 0) is 18.6 Å². The smallest absolute Gasteiger partial charge is 0.191 e. The van der Waals surface area contributed by atoms with E-state index >= 15 is 0 Å². The van der Waals surface area contributed by atoms with Crippen LogP contribution < -0.4 is 11.5 Å². The molecule has 0 fully saturated rings. The van der Waals surface area contributed by atoms with Crippen molar-refractivity contribution in [2.24, 2.45) is 16.5 Å². The van der Waals surface area contributed by atoms with Crippen molar-refractivity contribution >= 4 is 21.5 Å². The van der Waals surface area contributed by atoms with Gasteiger partial charge in [-0.2, -0.15) is 0 Å². The second-order valence-electron chi connectivity index (χ2n) is 3.23. The maximum Gasteiger partial charge on any atom is 0.191 e. The summed E-state index contributed by atoms with van der Waals surface area (Å²) in [4.78, 5) is 3.95. The van der Waals surface area contributed by atoms with Gasteiger partial charge >= 0.3 is 0 Å². The minimum absolute atomic E-state index is 0.135. The van der Waals surface area contributed by atoms with Gasteiger partial charge in [-0.1, -0.05) is 12.1 Å². The maximum atomic E-state index is 11.4. The van der Waals surface area contributed by atoms with Gasteiger partial charge in [-0.15, -0.1) is 0 Å². The topological polar surface area (TPSA) is 98.5 Å². The van der Waals surface area contributed by atoms with Gasteiger partial charge in [0.05, 0.1) is 10.6 Å². The Morgan fingerprint density at radius 1 is 1.33 bits per heavy atom. The number of aliphatic imine (C=N–C) groups is 1. The number of para-hydroxylation sites is 1. The number of rotatable bonds is 2.